The van der Waals surface area contributed by atoms with Crippen molar-refractivity contribution in [1.82, 2.24) is 4.90 Å². The Morgan fingerprint density at radius 3 is 2.77 bits per heavy atom. The van der Waals surface area contributed by atoms with E-state index in [0.29, 0.717) is 12.1 Å². The van der Waals surface area contributed by atoms with E-state index in [4.69, 9.17) is 0 Å². The molecule has 0 bridgehead atoms. The van der Waals surface area contributed by atoms with E-state index in [1.54, 1.807) is 11.0 Å². The van der Waals surface area contributed by atoms with Crippen molar-refractivity contribution in [3.05, 3.63) is 63.6 Å². The van der Waals surface area contributed by atoms with Gasteiger partial charge >= 0.3 is 0 Å². The maximum absolute atomic E-state index is 12.2. The summed E-state index contributed by atoms with van der Waals surface area (Å²) in [5.41, 5.74) is 3.44. The number of benzene rings is 2. The summed E-state index contributed by atoms with van der Waals surface area (Å²) >= 11 is 3.43. The molecular formula is C17H15BrN2O2. The van der Waals surface area contributed by atoms with Crippen LogP contribution in [0.4, 0.5) is 5.69 Å². The normalized spacial score (nSPS) is 13.2. The van der Waals surface area contributed by atoms with Gasteiger partial charge in [0.05, 0.1) is 0 Å². The molecule has 1 heterocycles. The number of carbonyl (C=O) groups is 2. The largest absolute Gasteiger partial charge is 0.325 e. The number of fused-ring (bicyclic) bond motifs is 1. The van der Waals surface area contributed by atoms with Gasteiger partial charge in [-0.2, -0.15) is 0 Å². The van der Waals surface area contributed by atoms with Crippen molar-refractivity contribution < 1.29 is 9.59 Å². The number of hydrogen-bond donors (Lipinski definition) is 1. The van der Waals surface area contributed by atoms with E-state index < -0.39 is 0 Å². The van der Waals surface area contributed by atoms with Crippen molar-refractivity contribution in [1.29, 1.82) is 0 Å². The molecule has 5 heteroatoms. The summed E-state index contributed by atoms with van der Waals surface area (Å²) in [5.74, 6) is -0.277. The minimum atomic E-state index is -0.192. The van der Waals surface area contributed by atoms with Gasteiger partial charge in [0.15, 0.2) is 0 Å². The van der Waals surface area contributed by atoms with Gasteiger partial charge in [-0.3, -0.25) is 9.59 Å². The second-order valence-corrected chi connectivity index (χ2v) is 6.18. The van der Waals surface area contributed by atoms with Crippen LogP contribution in [-0.4, -0.2) is 23.3 Å². The fraction of sp³-hybridized carbons (Fsp3) is 0.176. The van der Waals surface area contributed by atoms with Crippen LogP contribution >= 0.6 is 15.9 Å². The predicted octanol–water partition coefficient (Wildman–Crippen LogP) is 3.35. The average Bonchev–Trinajstić information content (AvgIpc) is 2.80. The standard InChI is InChI=1S/C17H15BrN2O2/c1-11-8-13(6-7-15(11)18)19-16(21)10-20-9-12-4-2-3-5-14(12)17(20)22/h2-8H,9-10H2,1H3,(H,19,21). The Balaban J connectivity index is 1.66. The molecule has 22 heavy (non-hydrogen) atoms. The van der Waals surface area contributed by atoms with Gasteiger partial charge in [-0.05, 0) is 42.3 Å². The highest BCUT2D eigenvalue weighted by Gasteiger charge is 2.28. The summed E-state index contributed by atoms with van der Waals surface area (Å²) in [7, 11) is 0. The first-order valence-corrected chi connectivity index (χ1v) is 7.77. The first-order valence-electron chi connectivity index (χ1n) is 6.98. The number of hydrogen-bond acceptors (Lipinski definition) is 2. The first kappa shape index (κ1) is 14.8. The van der Waals surface area contributed by atoms with Gasteiger partial charge in [-0.25, -0.2) is 0 Å². The van der Waals surface area contributed by atoms with Crippen LogP contribution in [0.3, 0.4) is 0 Å². The zero-order valence-corrected chi connectivity index (χ0v) is 13.7. The maximum atomic E-state index is 12.2. The molecule has 2 aromatic carbocycles. The third-order valence-electron chi connectivity index (χ3n) is 3.67. The number of nitrogens with zero attached hydrogens (tertiary/aromatic N) is 1. The van der Waals surface area contributed by atoms with Crippen LogP contribution in [0.1, 0.15) is 21.5 Å². The van der Waals surface area contributed by atoms with Crippen LogP contribution in [0, 0.1) is 6.92 Å². The lowest BCUT2D eigenvalue weighted by molar-refractivity contribution is -0.116. The van der Waals surface area contributed by atoms with Crippen molar-refractivity contribution in [3.8, 4) is 0 Å². The second-order valence-electron chi connectivity index (χ2n) is 5.33. The predicted molar refractivity (Wildman–Crippen MR) is 88.7 cm³/mol. The average molecular weight is 359 g/mol. The van der Waals surface area contributed by atoms with Gasteiger partial charge in [0.25, 0.3) is 5.91 Å². The number of halogens is 1. The van der Waals surface area contributed by atoms with Gasteiger partial charge in [0.2, 0.25) is 5.91 Å². The summed E-state index contributed by atoms with van der Waals surface area (Å²) in [6.45, 7) is 2.50. The van der Waals surface area contributed by atoms with Gasteiger partial charge in [0.1, 0.15) is 6.54 Å². The number of nitrogens with one attached hydrogen (secondary N) is 1. The van der Waals surface area contributed by atoms with Crippen molar-refractivity contribution in [2.45, 2.75) is 13.5 Å². The van der Waals surface area contributed by atoms with Crippen molar-refractivity contribution >= 4 is 33.4 Å². The number of anilines is 1. The fourth-order valence-corrected chi connectivity index (χ4v) is 2.79. The Labute approximate surface area is 137 Å². The Morgan fingerprint density at radius 1 is 1.27 bits per heavy atom. The fourth-order valence-electron chi connectivity index (χ4n) is 2.54. The molecule has 0 saturated carbocycles. The van der Waals surface area contributed by atoms with E-state index in [1.807, 2.05) is 43.3 Å². The van der Waals surface area contributed by atoms with E-state index >= 15 is 0 Å². The summed E-state index contributed by atoms with van der Waals surface area (Å²) in [4.78, 5) is 25.9. The van der Waals surface area contributed by atoms with Gasteiger partial charge < -0.3 is 10.2 Å². The molecule has 2 amide bonds. The molecule has 1 aliphatic heterocycles. The molecule has 0 unspecified atom stereocenters. The van der Waals surface area contributed by atoms with Crippen LogP contribution in [0.2, 0.25) is 0 Å². The third-order valence-corrected chi connectivity index (χ3v) is 4.56. The number of rotatable bonds is 3. The molecule has 112 valence electrons. The number of amides is 2. The third kappa shape index (κ3) is 2.90. The topological polar surface area (TPSA) is 49.4 Å². The van der Waals surface area contributed by atoms with Gasteiger partial charge in [-0.1, -0.05) is 34.1 Å². The van der Waals surface area contributed by atoms with E-state index in [0.717, 1.165) is 21.3 Å². The summed E-state index contributed by atoms with van der Waals surface area (Å²) in [5, 5.41) is 2.83. The van der Waals surface area contributed by atoms with Crippen molar-refractivity contribution in [2.75, 3.05) is 11.9 Å². The van der Waals surface area contributed by atoms with Crippen LogP contribution < -0.4 is 5.32 Å². The molecule has 4 nitrogen and oxygen atoms in total. The molecular weight excluding hydrogens is 344 g/mol. The molecule has 0 saturated heterocycles. The maximum Gasteiger partial charge on any atom is 0.254 e. The first-order chi connectivity index (χ1) is 10.5. The molecule has 2 aromatic rings. The minimum absolute atomic E-state index is 0.0582. The Morgan fingerprint density at radius 2 is 2.05 bits per heavy atom. The molecule has 0 radical (unpaired) electrons. The number of aryl methyl sites for hydroxylation is 1. The molecule has 0 aromatic heterocycles. The van der Waals surface area contributed by atoms with E-state index in [1.165, 1.54) is 0 Å². The van der Waals surface area contributed by atoms with E-state index in [2.05, 4.69) is 21.2 Å². The highest BCUT2D eigenvalue weighted by atomic mass is 79.9. The molecule has 3 rings (SSSR count). The highest BCUT2D eigenvalue weighted by molar-refractivity contribution is 9.10. The Bertz CT molecular complexity index is 758. The summed E-state index contributed by atoms with van der Waals surface area (Å²) in [6.07, 6.45) is 0. The lowest BCUT2D eigenvalue weighted by atomic mass is 10.1. The lowest BCUT2D eigenvalue weighted by Gasteiger charge is -2.15. The Kier molecular flexibility index (Phi) is 3.98. The summed E-state index contributed by atoms with van der Waals surface area (Å²) in [6, 6.07) is 13.1. The molecule has 0 fully saturated rings. The van der Waals surface area contributed by atoms with Crippen LogP contribution in [0.5, 0.6) is 0 Å². The van der Waals surface area contributed by atoms with Crippen LogP contribution in [-0.2, 0) is 11.3 Å². The minimum Gasteiger partial charge on any atom is -0.325 e. The zero-order chi connectivity index (χ0) is 15.7. The quantitative estimate of drug-likeness (QED) is 0.914. The Hall–Kier alpha value is -2.14. The van der Waals surface area contributed by atoms with E-state index in [-0.39, 0.29) is 18.4 Å². The van der Waals surface area contributed by atoms with Gasteiger partial charge in [0, 0.05) is 22.3 Å². The molecule has 0 spiro atoms. The zero-order valence-electron chi connectivity index (χ0n) is 12.1. The molecule has 0 atom stereocenters. The monoisotopic (exact) mass is 358 g/mol. The van der Waals surface area contributed by atoms with Crippen LogP contribution in [0.25, 0.3) is 0 Å². The van der Waals surface area contributed by atoms with E-state index in [9.17, 15) is 9.59 Å². The molecule has 1 aliphatic rings. The van der Waals surface area contributed by atoms with Crippen LogP contribution in [0.15, 0.2) is 46.9 Å². The summed E-state index contributed by atoms with van der Waals surface area (Å²) < 4.78 is 0.996. The van der Waals surface area contributed by atoms with Crippen molar-refractivity contribution in [2.24, 2.45) is 0 Å². The molecule has 1 N–H and O–H groups in total. The second kappa shape index (κ2) is 5.93. The lowest BCUT2D eigenvalue weighted by Crippen LogP contribution is -2.33. The van der Waals surface area contributed by atoms with Gasteiger partial charge in [-0.15, -0.1) is 0 Å². The highest BCUT2D eigenvalue weighted by Crippen LogP contribution is 2.23. The number of carbonyl (C=O) groups excluding carboxylic acids is 2. The van der Waals surface area contributed by atoms with Crippen molar-refractivity contribution in [3.63, 3.8) is 0 Å². The SMILES string of the molecule is Cc1cc(NC(=O)CN2Cc3ccccc3C2=O)ccc1Br. The smallest absolute Gasteiger partial charge is 0.254 e. The molecule has 0 aliphatic carbocycles.